The van der Waals surface area contributed by atoms with Crippen LogP contribution >= 0.6 is 11.3 Å². The SMILES string of the molecule is Cc1ccc2c(c1)-c1sccc1-c1cc(F)ccc1C2C(C)(C)C. The molecule has 122 valence electrons. The van der Waals surface area contributed by atoms with Crippen molar-refractivity contribution in [1.82, 2.24) is 0 Å². The Morgan fingerprint density at radius 2 is 1.58 bits per heavy atom. The average molecular weight is 336 g/mol. The van der Waals surface area contributed by atoms with Gasteiger partial charge < -0.3 is 0 Å². The molecular formula is C22H21FS. The number of hydrogen-bond donors (Lipinski definition) is 0. The molecule has 2 heteroatoms. The molecule has 0 saturated heterocycles. The molecule has 1 aliphatic carbocycles. The van der Waals surface area contributed by atoms with Crippen molar-refractivity contribution in [2.24, 2.45) is 5.41 Å². The van der Waals surface area contributed by atoms with Crippen LogP contribution in [0.1, 0.15) is 43.4 Å². The molecule has 3 aromatic rings. The largest absolute Gasteiger partial charge is 0.207 e. The minimum atomic E-state index is -0.166. The van der Waals surface area contributed by atoms with Crippen LogP contribution in [-0.4, -0.2) is 0 Å². The van der Waals surface area contributed by atoms with E-state index in [4.69, 9.17) is 0 Å². The standard InChI is InChI=1S/C22H21FS/c1-13-5-7-16-19(11-13)21-17(9-10-24-21)18-12-14(23)6-8-15(18)20(16)22(2,3)4/h5-12,20H,1-4H3. The molecule has 1 aliphatic rings. The predicted molar refractivity (Wildman–Crippen MR) is 101 cm³/mol. The third-order valence-corrected chi connectivity index (χ3v) is 5.86. The summed E-state index contributed by atoms with van der Waals surface area (Å²) >= 11 is 1.75. The molecule has 0 saturated carbocycles. The van der Waals surface area contributed by atoms with Crippen molar-refractivity contribution in [3.05, 3.63) is 70.4 Å². The van der Waals surface area contributed by atoms with E-state index in [1.54, 1.807) is 23.5 Å². The second-order valence-corrected chi connectivity index (χ2v) is 8.70. The minimum absolute atomic E-state index is 0.0464. The second kappa shape index (κ2) is 5.29. The lowest BCUT2D eigenvalue weighted by Gasteiger charge is -2.33. The molecule has 0 bridgehead atoms. The van der Waals surface area contributed by atoms with Crippen LogP contribution in [0, 0.1) is 18.2 Å². The highest BCUT2D eigenvalue weighted by Gasteiger charge is 2.35. The van der Waals surface area contributed by atoms with Crippen molar-refractivity contribution in [2.45, 2.75) is 33.6 Å². The van der Waals surface area contributed by atoms with Gasteiger partial charge in [-0.1, -0.05) is 50.6 Å². The van der Waals surface area contributed by atoms with E-state index in [1.165, 1.54) is 27.1 Å². The van der Waals surface area contributed by atoms with Gasteiger partial charge in [-0.05, 0) is 58.2 Å². The summed E-state index contributed by atoms with van der Waals surface area (Å²) in [5.41, 5.74) is 7.39. The molecule has 0 amide bonds. The first-order valence-electron chi connectivity index (χ1n) is 8.34. The van der Waals surface area contributed by atoms with Crippen LogP contribution in [0.5, 0.6) is 0 Å². The zero-order valence-electron chi connectivity index (χ0n) is 14.5. The maximum absolute atomic E-state index is 14.0. The van der Waals surface area contributed by atoms with Crippen LogP contribution in [0.15, 0.2) is 47.8 Å². The van der Waals surface area contributed by atoms with Crippen molar-refractivity contribution in [3.63, 3.8) is 0 Å². The van der Waals surface area contributed by atoms with E-state index in [0.717, 1.165) is 11.1 Å². The van der Waals surface area contributed by atoms with Gasteiger partial charge in [0.25, 0.3) is 0 Å². The van der Waals surface area contributed by atoms with Gasteiger partial charge in [-0.2, -0.15) is 0 Å². The van der Waals surface area contributed by atoms with Crippen LogP contribution in [0.4, 0.5) is 4.39 Å². The Kier molecular flexibility index (Phi) is 3.43. The molecule has 0 aliphatic heterocycles. The topological polar surface area (TPSA) is 0 Å². The lowest BCUT2D eigenvalue weighted by atomic mass is 9.71. The lowest BCUT2D eigenvalue weighted by molar-refractivity contribution is 0.359. The highest BCUT2D eigenvalue weighted by Crippen LogP contribution is 2.53. The molecule has 1 unspecified atom stereocenters. The molecule has 1 atom stereocenters. The Morgan fingerprint density at radius 3 is 2.33 bits per heavy atom. The maximum atomic E-state index is 14.0. The molecule has 24 heavy (non-hydrogen) atoms. The zero-order valence-corrected chi connectivity index (χ0v) is 15.3. The van der Waals surface area contributed by atoms with Gasteiger partial charge in [0.2, 0.25) is 0 Å². The smallest absolute Gasteiger partial charge is 0.123 e. The molecule has 0 fully saturated rings. The molecule has 1 heterocycles. The van der Waals surface area contributed by atoms with E-state index >= 15 is 0 Å². The highest BCUT2D eigenvalue weighted by molar-refractivity contribution is 7.14. The van der Waals surface area contributed by atoms with Crippen molar-refractivity contribution < 1.29 is 4.39 Å². The van der Waals surface area contributed by atoms with Crippen LogP contribution in [-0.2, 0) is 0 Å². The summed E-state index contributed by atoms with van der Waals surface area (Å²) in [6, 6.07) is 14.2. The van der Waals surface area contributed by atoms with Crippen LogP contribution < -0.4 is 0 Å². The van der Waals surface area contributed by atoms with E-state index in [9.17, 15) is 4.39 Å². The summed E-state index contributed by atoms with van der Waals surface area (Å²) in [5, 5.41) is 2.11. The summed E-state index contributed by atoms with van der Waals surface area (Å²) in [7, 11) is 0. The van der Waals surface area contributed by atoms with Crippen LogP contribution in [0.25, 0.3) is 21.6 Å². The van der Waals surface area contributed by atoms with Crippen LogP contribution in [0.3, 0.4) is 0 Å². The lowest BCUT2D eigenvalue weighted by Crippen LogP contribution is -2.20. The van der Waals surface area contributed by atoms with E-state index in [0.29, 0.717) is 0 Å². The zero-order chi connectivity index (χ0) is 17.1. The Labute approximate surface area is 147 Å². The Bertz CT molecular complexity index is 859. The van der Waals surface area contributed by atoms with E-state index in [-0.39, 0.29) is 17.2 Å². The third-order valence-electron chi connectivity index (χ3n) is 4.91. The van der Waals surface area contributed by atoms with E-state index in [1.807, 2.05) is 6.07 Å². The van der Waals surface area contributed by atoms with Gasteiger partial charge in [-0.3, -0.25) is 0 Å². The van der Waals surface area contributed by atoms with Crippen molar-refractivity contribution in [3.8, 4) is 21.6 Å². The fourth-order valence-electron chi connectivity index (χ4n) is 3.96. The fraction of sp³-hybridized carbons (Fsp3) is 0.273. The molecule has 0 N–H and O–H groups in total. The van der Waals surface area contributed by atoms with Gasteiger partial charge in [0.1, 0.15) is 5.82 Å². The number of rotatable bonds is 0. The second-order valence-electron chi connectivity index (χ2n) is 7.78. The average Bonchev–Trinajstić information content (AvgIpc) is 2.94. The fourth-order valence-corrected chi connectivity index (χ4v) is 4.91. The Balaban J connectivity index is 2.15. The monoisotopic (exact) mass is 336 g/mol. The number of halogens is 1. The Morgan fingerprint density at radius 1 is 0.875 bits per heavy atom. The van der Waals surface area contributed by atoms with Crippen LogP contribution in [0.2, 0.25) is 0 Å². The van der Waals surface area contributed by atoms with Gasteiger partial charge in [0, 0.05) is 16.4 Å². The number of thiophene rings is 1. The third kappa shape index (κ3) is 2.32. The maximum Gasteiger partial charge on any atom is 0.123 e. The quantitative estimate of drug-likeness (QED) is 0.414. The Hall–Kier alpha value is -1.93. The summed E-state index contributed by atoms with van der Waals surface area (Å²) in [5.74, 6) is 0.0731. The van der Waals surface area contributed by atoms with Crippen molar-refractivity contribution >= 4 is 11.3 Å². The van der Waals surface area contributed by atoms with Crippen molar-refractivity contribution in [1.29, 1.82) is 0 Å². The predicted octanol–water partition coefficient (Wildman–Crippen LogP) is 7.02. The van der Waals surface area contributed by atoms with E-state index in [2.05, 4.69) is 57.3 Å². The molecule has 0 spiro atoms. The van der Waals surface area contributed by atoms with Gasteiger partial charge >= 0.3 is 0 Å². The first kappa shape index (κ1) is 15.6. The molecule has 1 aromatic heterocycles. The minimum Gasteiger partial charge on any atom is -0.207 e. The highest BCUT2D eigenvalue weighted by atomic mass is 32.1. The molecule has 2 aromatic carbocycles. The first-order chi connectivity index (χ1) is 11.4. The summed E-state index contributed by atoms with van der Waals surface area (Å²) in [6.45, 7) is 8.95. The normalized spacial score (nSPS) is 16.1. The molecule has 0 nitrogen and oxygen atoms in total. The first-order valence-corrected chi connectivity index (χ1v) is 9.22. The van der Waals surface area contributed by atoms with E-state index < -0.39 is 0 Å². The van der Waals surface area contributed by atoms with Crippen molar-refractivity contribution in [2.75, 3.05) is 0 Å². The van der Waals surface area contributed by atoms with Gasteiger partial charge in [0.05, 0.1) is 0 Å². The number of hydrogen-bond acceptors (Lipinski definition) is 1. The van der Waals surface area contributed by atoms with Gasteiger partial charge in [-0.15, -0.1) is 11.3 Å². The summed E-state index contributed by atoms with van der Waals surface area (Å²) in [4.78, 5) is 1.26. The number of aryl methyl sites for hydroxylation is 1. The number of fused-ring (bicyclic) bond motifs is 5. The molecule has 4 rings (SSSR count). The van der Waals surface area contributed by atoms with Gasteiger partial charge in [-0.25, -0.2) is 4.39 Å². The van der Waals surface area contributed by atoms with Gasteiger partial charge in [0.15, 0.2) is 0 Å². The summed E-state index contributed by atoms with van der Waals surface area (Å²) < 4.78 is 14.0. The summed E-state index contributed by atoms with van der Waals surface area (Å²) in [6.07, 6.45) is 0. The number of benzene rings is 2. The molecule has 0 radical (unpaired) electrons. The molecular weight excluding hydrogens is 315 g/mol.